The number of nitrogens with zero attached hydrogens (tertiary/aromatic N) is 2. The lowest BCUT2D eigenvalue weighted by atomic mass is 10.2. The Morgan fingerprint density at radius 3 is 2.95 bits per heavy atom. The fraction of sp³-hybridized carbons (Fsp3) is 0.357. The number of rotatable bonds is 7. The van der Waals surface area contributed by atoms with Crippen molar-refractivity contribution < 1.29 is 9.66 Å². The molecular formula is C14H17N3O3S. The third kappa shape index (κ3) is 4.51. The molecular weight excluding hydrogens is 290 g/mol. The zero-order chi connectivity index (χ0) is 15.2. The summed E-state index contributed by atoms with van der Waals surface area (Å²) >= 11 is 1.14. The molecule has 2 aromatic heterocycles. The van der Waals surface area contributed by atoms with Gasteiger partial charge in [-0.25, -0.2) is 4.98 Å². The number of aromatic nitrogens is 1. The first-order valence-corrected chi connectivity index (χ1v) is 7.47. The van der Waals surface area contributed by atoms with E-state index in [2.05, 4.69) is 10.3 Å². The Hall–Kier alpha value is -1.99. The highest BCUT2D eigenvalue weighted by molar-refractivity contribution is 7.13. The lowest BCUT2D eigenvalue weighted by molar-refractivity contribution is -0.380. The zero-order valence-electron chi connectivity index (χ0n) is 11.9. The standard InChI is InChI=1S/C14H17N3O3S/c1-10(2)20-14-12(4-3-5-16-14)8-15-7-11-6-13(17(18)19)21-9-11/h3-6,9-10,15H,7-8H2,1-2H3. The minimum atomic E-state index is -0.371. The van der Waals surface area contributed by atoms with E-state index >= 15 is 0 Å². The van der Waals surface area contributed by atoms with Crippen LogP contribution in [0.4, 0.5) is 5.00 Å². The summed E-state index contributed by atoms with van der Waals surface area (Å²) in [5, 5.41) is 15.8. The van der Waals surface area contributed by atoms with E-state index in [1.807, 2.05) is 26.0 Å². The lowest BCUT2D eigenvalue weighted by Gasteiger charge is -2.13. The fourth-order valence-electron chi connectivity index (χ4n) is 1.78. The Morgan fingerprint density at radius 2 is 2.29 bits per heavy atom. The van der Waals surface area contributed by atoms with Gasteiger partial charge in [-0.2, -0.15) is 0 Å². The number of hydrogen-bond donors (Lipinski definition) is 1. The van der Waals surface area contributed by atoms with Crippen LogP contribution in [0.5, 0.6) is 5.88 Å². The average molecular weight is 307 g/mol. The topological polar surface area (TPSA) is 77.3 Å². The van der Waals surface area contributed by atoms with Crippen molar-refractivity contribution in [2.45, 2.75) is 33.0 Å². The first-order chi connectivity index (χ1) is 10.1. The molecule has 0 atom stereocenters. The molecule has 7 heteroatoms. The molecule has 6 nitrogen and oxygen atoms in total. The zero-order valence-corrected chi connectivity index (χ0v) is 12.7. The number of nitro groups is 1. The molecule has 0 amide bonds. The fourth-order valence-corrected chi connectivity index (χ4v) is 2.51. The van der Waals surface area contributed by atoms with Crippen molar-refractivity contribution in [3.63, 3.8) is 0 Å². The summed E-state index contributed by atoms with van der Waals surface area (Å²) in [6.45, 7) is 5.08. The van der Waals surface area contributed by atoms with E-state index in [4.69, 9.17) is 4.74 Å². The number of thiophene rings is 1. The second-order valence-corrected chi connectivity index (χ2v) is 5.68. The van der Waals surface area contributed by atoms with E-state index in [1.165, 1.54) is 0 Å². The third-order valence-corrected chi connectivity index (χ3v) is 3.59. The highest BCUT2D eigenvalue weighted by Gasteiger charge is 2.10. The molecule has 21 heavy (non-hydrogen) atoms. The number of hydrogen-bond acceptors (Lipinski definition) is 6. The monoisotopic (exact) mass is 307 g/mol. The molecule has 0 aliphatic heterocycles. The molecule has 0 aliphatic carbocycles. The van der Waals surface area contributed by atoms with Gasteiger partial charge in [0.1, 0.15) is 0 Å². The van der Waals surface area contributed by atoms with E-state index in [1.54, 1.807) is 17.6 Å². The second-order valence-electron chi connectivity index (χ2n) is 4.79. The second kappa shape index (κ2) is 7.14. The van der Waals surface area contributed by atoms with Gasteiger partial charge in [0.15, 0.2) is 0 Å². The maximum absolute atomic E-state index is 10.6. The van der Waals surface area contributed by atoms with E-state index in [0.29, 0.717) is 19.0 Å². The molecule has 2 rings (SSSR count). The van der Waals surface area contributed by atoms with Gasteiger partial charge in [-0.15, -0.1) is 0 Å². The molecule has 0 unspecified atom stereocenters. The smallest absolute Gasteiger partial charge is 0.324 e. The average Bonchev–Trinajstić information content (AvgIpc) is 2.89. The van der Waals surface area contributed by atoms with E-state index in [9.17, 15) is 10.1 Å². The molecule has 0 spiro atoms. The number of pyridine rings is 1. The lowest BCUT2D eigenvalue weighted by Crippen LogP contribution is -2.15. The molecule has 2 heterocycles. The Bertz CT molecular complexity index is 613. The molecule has 0 saturated heterocycles. The molecule has 0 bridgehead atoms. The van der Waals surface area contributed by atoms with E-state index in [-0.39, 0.29) is 16.0 Å². The third-order valence-electron chi connectivity index (χ3n) is 2.66. The van der Waals surface area contributed by atoms with Gasteiger partial charge in [0.05, 0.1) is 11.0 Å². The van der Waals surface area contributed by atoms with Crippen LogP contribution in [0.2, 0.25) is 0 Å². The van der Waals surface area contributed by atoms with E-state index in [0.717, 1.165) is 22.5 Å². The van der Waals surface area contributed by atoms with Crippen LogP contribution in [0, 0.1) is 10.1 Å². The summed E-state index contributed by atoms with van der Waals surface area (Å²) < 4.78 is 5.65. The van der Waals surface area contributed by atoms with Crippen LogP contribution in [0.15, 0.2) is 29.8 Å². The summed E-state index contributed by atoms with van der Waals surface area (Å²) in [6.07, 6.45) is 1.77. The first kappa shape index (κ1) is 15.4. The summed E-state index contributed by atoms with van der Waals surface area (Å²) in [5.74, 6) is 0.622. The predicted octanol–water partition coefficient (Wildman–Crippen LogP) is 3.13. The Labute approximate surface area is 126 Å². The van der Waals surface area contributed by atoms with Crippen molar-refractivity contribution in [3.05, 3.63) is 51.0 Å². The summed E-state index contributed by atoms with van der Waals surface area (Å²) in [7, 11) is 0. The maximum atomic E-state index is 10.6. The van der Waals surface area contributed by atoms with Gasteiger partial charge in [-0.1, -0.05) is 17.4 Å². The van der Waals surface area contributed by atoms with Crippen LogP contribution in [-0.4, -0.2) is 16.0 Å². The van der Waals surface area contributed by atoms with Crippen LogP contribution >= 0.6 is 11.3 Å². The van der Waals surface area contributed by atoms with Gasteiger partial charge in [0, 0.05) is 36.3 Å². The van der Waals surface area contributed by atoms with Crippen LogP contribution in [0.25, 0.3) is 0 Å². The Morgan fingerprint density at radius 1 is 1.48 bits per heavy atom. The Balaban J connectivity index is 1.92. The largest absolute Gasteiger partial charge is 0.475 e. The molecule has 0 saturated carbocycles. The highest BCUT2D eigenvalue weighted by atomic mass is 32.1. The van der Waals surface area contributed by atoms with Crippen LogP contribution < -0.4 is 10.1 Å². The van der Waals surface area contributed by atoms with Crippen molar-refractivity contribution in [1.29, 1.82) is 0 Å². The van der Waals surface area contributed by atoms with Gasteiger partial charge in [0.2, 0.25) is 5.88 Å². The summed E-state index contributed by atoms with van der Waals surface area (Å²) in [6, 6.07) is 5.40. The highest BCUT2D eigenvalue weighted by Crippen LogP contribution is 2.22. The van der Waals surface area contributed by atoms with Crippen LogP contribution in [0.1, 0.15) is 25.0 Å². The molecule has 0 aliphatic rings. The maximum Gasteiger partial charge on any atom is 0.324 e. The normalized spacial score (nSPS) is 10.8. The van der Waals surface area contributed by atoms with Crippen molar-refractivity contribution in [3.8, 4) is 5.88 Å². The molecule has 0 aromatic carbocycles. The molecule has 112 valence electrons. The summed E-state index contributed by atoms with van der Waals surface area (Å²) in [4.78, 5) is 14.5. The van der Waals surface area contributed by atoms with Gasteiger partial charge in [-0.05, 0) is 25.5 Å². The van der Waals surface area contributed by atoms with Gasteiger partial charge >= 0.3 is 5.00 Å². The van der Waals surface area contributed by atoms with Crippen molar-refractivity contribution in [1.82, 2.24) is 10.3 Å². The van der Waals surface area contributed by atoms with E-state index < -0.39 is 0 Å². The SMILES string of the molecule is CC(C)Oc1ncccc1CNCc1csc([N+](=O)[O-])c1. The van der Waals surface area contributed by atoms with Crippen LogP contribution in [0.3, 0.4) is 0 Å². The number of ether oxygens (including phenoxy) is 1. The first-order valence-electron chi connectivity index (χ1n) is 6.59. The van der Waals surface area contributed by atoms with Gasteiger partial charge < -0.3 is 10.1 Å². The van der Waals surface area contributed by atoms with Crippen LogP contribution in [-0.2, 0) is 13.1 Å². The van der Waals surface area contributed by atoms with Gasteiger partial charge in [0.25, 0.3) is 0 Å². The quantitative estimate of drug-likeness (QED) is 0.628. The van der Waals surface area contributed by atoms with Crippen molar-refractivity contribution >= 4 is 16.3 Å². The Kier molecular flexibility index (Phi) is 5.24. The number of nitrogens with one attached hydrogen (secondary N) is 1. The minimum Gasteiger partial charge on any atom is -0.475 e. The molecule has 1 N–H and O–H groups in total. The molecule has 0 radical (unpaired) electrons. The summed E-state index contributed by atoms with van der Waals surface area (Å²) in [5.41, 5.74) is 1.87. The molecule has 2 aromatic rings. The van der Waals surface area contributed by atoms with Crippen molar-refractivity contribution in [2.75, 3.05) is 0 Å². The minimum absolute atomic E-state index is 0.0678. The van der Waals surface area contributed by atoms with Crippen molar-refractivity contribution in [2.24, 2.45) is 0 Å². The molecule has 0 fully saturated rings. The van der Waals surface area contributed by atoms with Gasteiger partial charge in [-0.3, -0.25) is 10.1 Å². The predicted molar refractivity (Wildman–Crippen MR) is 81.5 cm³/mol.